The predicted octanol–water partition coefficient (Wildman–Crippen LogP) is 2.53. The van der Waals surface area contributed by atoms with E-state index in [4.69, 9.17) is 9.47 Å². The summed E-state index contributed by atoms with van der Waals surface area (Å²) in [6, 6.07) is 7.27. The van der Waals surface area contributed by atoms with Gasteiger partial charge in [0.2, 0.25) is 0 Å². The Morgan fingerprint density at radius 2 is 2.04 bits per heavy atom. The highest BCUT2D eigenvalue weighted by Crippen LogP contribution is 2.25. The van der Waals surface area contributed by atoms with Gasteiger partial charge in [-0.05, 0) is 19.3 Å². The molecule has 1 aliphatic heterocycles. The summed E-state index contributed by atoms with van der Waals surface area (Å²) in [5.74, 6) is -0.234. The van der Waals surface area contributed by atoms with E-state index >= 15 is 0 Å². The Kier molecular flexibility index (Phi) is 4.52. The van der Waals surface area contributed by atoms with E-state index in [1.807, 2.05) is 18.2 Å². The Balaban J connectivity index is 1.92. The molecule has 1 fully saturated rings. The molecular weight excluding hydrogens is 296 g/mol. The molecule has 0 bridgehead atoms. The van der Waals surface area contributed by atoms with Gasteiger partial charge in [0.15, 0.2) is 0 Å². The molecule has 1 atom stereocenters. The van der Waals surface area contributed by atoms with Crippen LogP contribution in [0.4, 0.5) is 5.82 Å². The van der Waals surface area contributed by atoms with Gasteiger partial charge in [-0.15, -0.1) is 0 Å². The number of rotatable bonds is 3. The molecule has 1 amide bonds. The molecule has 1 saturated heterocycles. The molecule has 120 valence electrons. The number of benzene rings is 1. The van der Waals surface area contributed by atoms with Gasteiger partial charge in [0.25, 0.3) is 5.91 Å². The van der Waals surface area contributed by atoms with Crippen molar-refractivity contribution in [1.29, 1.82) is 0 Å². The Hall–Kier alpha value is -2.47. The van der Waals surface area contributed by atoms with Crippen LogP contribution in [0.3, 0.4) is 0 Å². The van der Waals surface area contributed by atoms with E-state index in [1.54, 1.807) is 6.07 Å². The van der Waals surface area contributed by atoms with Crippen molar-refractivity contribution in [2.45, 2.75) is 25.4 Å². The molecule has 0 saturated carbocycles. The molecule has 0 radical (unpaired) electrons. The Labute approximate surface area is 133 Å². The zero-order valence-electron chi connectivity index (χ0n) is 12.9. The highest BCUT2D eigenvalue weighted by Gasteiger charge is 2.23. The quantitative estimate of drug-likeness (QED) is 0.881. The van der Waals surface area contributed by atoms with Gasteiger partial charge >= 0.3 is 5.97 Å². The van der Waals surface area contributed by atoms with Crippen molar-refractivity contribution in [3.63, 3.8) is 0 Å². The van der Waals surface area contributed by atoms with Gasteiger partial charge in [-0.1, -0.05) is 24.3 Å². The number of hydrogen-bond donors (Lipinski definition) is 1. The van der Waals surface area contributed by atoms with E-state index < -0.39 is 12.1 Å². The molecule has 1 unspecified atom stereocenters. The van der Waals surface area contributed by atoms with Crippen LogP contribution < -0.4 is 5.32 Å². The van der Waals surface area contributed by atoms with Crippen LogP contribution in [0.1, 0.15) is 29.6 Å². The van der Waals surface area contributed by atoms with Gasteiger partial charge in [-0.2, -0.15) is 0 Å². The van der Waals surface area contributed by atoms with Crippen molar-refractivity contribution in [2.24, 2.45) is 0 Å². The maximum Gasteiger partial charge on any atom is 0.340 e. The third-order valence-corrected chi connectivity index (χ3v) is 3.91. The highest BCUT2D eigenvalue weighted by molar-refractivity contribution is 6.09. The van der Waals surface area contributed by atoms with E-state index in [0.717, 1.165) is 12.8 Å². The Bertz CT molecular complexity index is 738. The maximum absolute atomic E-state index is 12.3. The number of nitrogens with one attached hydrogen (secondary N) is 1. The summed E-state index contributed by atoms with van der Waals surface area (Å²) in [5, 5.41) is 4.19. The SMILES string of the molecule is COC(=O)c1cnc(NC(=O)C2CCCCO2)c2ccccc12. The van der Waals surface area contributed by atoms with Gasteiger partial charge in [0.05, 0.1) is 12.7 Å². The van der Waals surface area contributed by atoms with Crippen molar-refractivity contribution in [3.05, 3.63) is 36.0 Å². The lowest BCUT2D eigenvalue weighted by molar-refractivity contribution is -0.129. The lowest BCUT2D eigenvalue weighted by atomic mass is 10.1. The summed E-state index contributed by atoms with van der Waals surface area (Å²) < 4.78 is 10.3. The lowest BCUT2D eigenvalue weighted by Gasteiger charge is -2.21. The molecule has 6 nitrogen and oxygen atoms in total. The van der Waals surface area contributed by atoms with Gasteiger partial charge in [0.1, 0.15) is 11.9 Å². The normalized spacial score (nSPS) is 17.7. The summed E-state index contributed by atoms with van der Waals surface area (Å²) >= 11 is 0. The Morgan fingerprint density at radius 1 is 1.26 bits per heavy atom. The zero-order chi connectivity index (χ0) is 16.2. The zero-order valence-corrected chi connectivity index (χ0v) is 12.9. The van der Waals surface area contributed by atoms with Crippen LogP contribution in [0.15, 0.2) is 30.5 Å². The summed E-state index contributed by atoms with van der Waals surface area (Å²) in [6.07, 6.45) is 3.66. The molecule has 1 aromatic heterocycles. The van der Waals surface area contributed by atoms with Crippen LogP contribution in [-0.4, -0.2) is 36.7 Å². The highest BCUT2D eigenvalue weighted by atomic mass is 16.5. The second kappa shape index (κ2) is 6.75. The van der Waals surface area contributed by atoms with Gasteiger partial charge < -0.3 is 14.8 Å². The first-order valence-corrected chi connectivity index (χ1v) is 7.59. The summed E-state index contributed by atoms with van der Waals surface area (Å²) in [7, 11) is 1.33. The molecule has 1 aromatic carbocycles. The second-order valence-corrected chi connectivity index (χ2v) is 5.40. The molecule has 1 N–H and O–H groups in total. The van der Waals surface area contributed by atoms with Crippen molar-refractivity contribution in [3.8, 4) is 0 Å². The third kappa shape index (κ3) is 3.17. The number of ether oxygens (including phenoxy) is 2. The van der Waals surface area contributed by atoms with E-state index in [1.165, 1.54) is 13.3 Å². The monoisotopic (exact) mass is 314 g/mol. The fourth-order valence-corrected chi connectivity index (χ4v) is 2.71. The first-order chi connectivity index (χ1) is 11.2. The fraction of sp³-hybridized carbons (Fsp3) is 0.353. The molecule has 1 aliphatic rings. The smallest absolute Gasteiger partial charge is 0.340 e. The third-order valence-electron chi connectivity index (χ3n) is 3.91. The number of aromatic nitrogens is 1. The van der Waals surface area contributed by atoms with Gasteiger partial charge in [0, 0.05) is 23.6 Å². The van der Waals surface area contributed by atoms with E-state index in [-0.39, 0.29) is 5.91 Å². The number of anilines is 1. The fourth-order valence-electron chi connectivity index (χ4n) is 2.71. The number of nitrogens with zero attached hydrogens (tertiary/aromatic N) is 1. The number of methoxy groups -OCH3 is 1. The first kappa shape index (κ1) is 15.4. The van der Waals surface area contributed by atoms with Crippen LogP contribution in [0.2, 0.25) is 0 Å². The average Bonchev–Trinajstić information content (AvgIpc) is 2.62. The van der Waals surface area contributed by atoms with Gasteiger partial charge in [-0.3, -0.25) is 4.79 Å². The number of pyridine rings is 1. The summed E-state index contributed by atoms with van der Waals surface area (Å²) in [4.78, 5) is 28.4. The summed E-state index contributed by atoms with van der Waals surface area (Å²) in [5.41, 5.74) is 0.370. The molecule has 23 heavy (non-hydrogen) atoms. The predicted molar refractivity (Wildman–Crippen MR) is 85.3 cm³/mol. The Morgan fingerprint density at radius 3 is 2.74 bits per heavy atom. The largest absolute Gasteiger partial charge is 0.465 e. The van der Waals surface area contributed by atoms with E-state index in [0.29, 0.717) is 35.2 Å². The average molecular weight is 314 g/mol. The molecule has 6 heteroatoms. The van der Waals surface area contributed by atoms with Crippen LogP contribution in [0.5, 0.6) is 0 Å². The maximum atomic E-state index is 12.3. The van der Waals surface area contributed by atoms with Crippen molar-refractivity contribution < 1.29 is 19.1 Å². The minimum absolute atomic E-state index is 0.201. The van der Waals surface area contributed by atoms with Crippen LogP contribution >= 0.6 is 0 Å². The minimum Gasteiger partial charge on any atom is -0.465 e. The molecule has 2 heterocycles. The second-order valence-electron chi connectivity index (χ2n) is 5.40. The van der Waals surface area contributed by atoms with Crippen molar-refractivity contribution >= 4 is 28.5 Å². The standard InChI is InChI=1S/C17H18N2O4/c1-22-17(21)13-10-18-15(12-7-3-2-6-11(12)13)19-16(20)14-8-4-5-9-23-14/h2-3,6-7,10,14H,4-5,8-9H2,1H3,(H,18,19,20). The number of carbonyl (C=O) groups is 2. The van der Waals surface area contributed by atoms with Crippen LogP contribution in [0.25, 0.3) is 10.8 Å². The van der Waals surface area contributed by atoms with E-state index in [2.05, 4.69) is 10.3 Å². The van der Waals surface area contributed by atoms with Crippen molar-refractivity contribution in [2.75, 3.05) is 19.0 Å². The van der Waals surface area contributed by atoms with E-state index in [9.17, 15) is 9.59 Å². The van der Waals surface area contributed by atoms with Crippen molar-refractivity contribution in [1.82, 2.24) is 4.98 Å². The number of esters is 1. The molecular formula is C17H18N2O4. The van der Waals surface area contributed by atoms with Crippen LogP contribution in [-0.2, 0) is 14.3 Å². The van der Waals surface area contributed by atoms with Crippen LogP contribution in [0, 0.1) is 0 Å². The van der Waals surface area contributed by atoms with Gasteiger partial charge in [-0.25, -0.2) is 9.78 Å². The molecule has 0 spiro atoms. The molecule has 0 aliphatic carbocycles. The number of amides is 1. The molecule has 3 rings (SSSR count). The number of fused-ring (bicyclic) bond motifs is 1. The number of hydrogen-bond acceptors (Lipinski definition) is 5. The first-order valence-electron chi connectivity index (χ1n) is 7.59. The summed E-state index contributed by atoms with van der Waals surface area (Å²) in [6.45, 7) is 0.605. The number of carbonyl (C=O) groups excluding carboxylic acids is 2. The minimum atomic E-state index is -0.456. The lowest BCUT2D eigenvalue weighted by Crippen LogP contribution is -2.33. The molecule has 2 aromatic rings. The topological polar surface area (TPSA) is 77.5 Å².